The van der Waals surface area contributed by atoms with Crippen molar-refractivity contribution in [1.29, 1.82) is 0 Å². The highest BCUT2D eigenvalue weighted by molar-refractivity contribution is 5.89. The van der Waals surface area contributed by atoms with Gasteiger partial charge in [0.25, 0.3) is 0 Å². The molecule has 1 aliphatic carbocycles. The van der Waals surface area contributed by atoms with Gasteiger partial charge in [-0.1, -0.05) is 26.2 Å². The van der Waals surface area contributed by atoms with Gasteiger partial charge in [0.1, 0.15) is 6.54 Å². The van der Waals surface area contributed by atoms with Crippen molar-refractivity contribution < 1.29 is 18.0 Å². The normalized spacial score (nSPS) is 27.4. The largest absolute Gasteiger partial charge is 0.406 e. The predicted octanol–water partition coefficient (Wildman–Crippen LogP) is 2.42. The fraction of sp³-hybridized carbons (Fsp3) is 0.917. The van der Waals surface area contributed by atoms with Crippen molar-refractivity contribution in [3.05, 3.63) is 0 Å². The molecule has 1 heterocycles. The molecule has 0 radical (unpaired) electrons. The molecular weight excluding hydrogens is 245 g/mol. The zero-order valence-electron chi connectivity index (χ0n) is 10.5. The number of nitrogens with zero attached hydrogens (tertiary/aromatic N) is 1. The van der Waals surface area contributed by atoms with Crippen LogP contribution in [0.4, 0.5) is 13.2 Å². The first-order valence-electron chi connectivity index (χ1n) is 6.53. The van der Waals surface area contributed by atoms with Crippen molar-refractivity contribution in [2.24, 2.45) is 0 Å². The van der Waals surface area contributed by atoms with Crippen molar-refractivity contribution in [1.82, 2.24) is 10.2 Å². The zero-order chi connectivity index (χ0) is 13.4. The zero-order valence-corrected chi connectivity index (χ0v) is 10.5. The van der Waals surface area contributed by atoms with Gasteiger partial charge in [0.05, 0.1) is 11.7 Å². The third kappa shape index (κ3) is 2.48. The van der Waals surface area contributed by atoms with Crippen molar-refractivity contribution in [2.75, 3.05) is 6.54 Å². The van der Waals surface area contributed by atoms with Crippen LogP contribution in [-0.4, -0.2) is 35.2 Å². The van der Waals surface area contributed by atoms with Gasteiger partial charge in [-0.2, -0.15) is 13.2 Å². The second-order valence-corrected chi connectivity index (χ2v) is 5.29. The maximum Gasteiger partial charge on any atom is 0.406 e. The van der Waals surface area contributed by atoms with E-state index in [9.17, 15) is 18.0 Å². The summed E-state index contributed by atoms with van der Waals surface area (Å²) in [5.74, 6) is -0.351. The molecule has 1 amide bonds. The van der Waals surface area contributed by atoms with Crippen LogP contribution in [0.15, 0.2) is 0 Å². The molecule has 1 saturated carbocycles. The molecule has 1 N–H and O–H groups in total. The molecule has 1 spiro atoms. The lowest BCUT2D eigenvalue weighted by molar-refractivity contribution is -0.162. The van der Waals surface area contributed by atoms with Crippen LogP contribution in [0, 0.1) is 0 Å². The third-order valence-electron chi connectivity index (χ3n) is 3.86. The Morgan fingerprint density at radius 3 is 2.50 bits per heavy atom. The Labute approximate surface area is 105 Å². The van der Waals surface area contributed by atoms with Gasteiger partial charge < -0.3 is 4.90 Å². The average Bonchev–Trinajstić information content (AvgIpc) is 2.80. The van der Waals surface area contributed by atoms with Gasteiger partial charge in [0, 0.05) is 0 Å². The molecule has 1 unspecified atom stereocenters. The minimum atomic E-state index is -4.33. The Morgan fingerprint density at radius 1 is 1.39 bits per heavy atom. The van der Waals surface area contributed by atoms with E-state index in [4.69, 9.17) is 0 Å². The first kappa shape index (κ1) is 13.6. The van der Waals surface area contributed by atoms with E-state index in [0.29, 0.717) is 19.3 Å². The minimum Gasteiger partial charge on any atom is -0.316 e. The first-order valence-corrected chi connectivity index (χ1v) is 6.53. The molecule has 104 valence electrons. The SMILES string of the molecule is CCCC1NC2(CCCC2)C(=O)N1CC(F)(F)F. The van der Waals surface area contributed by atoms with Crippen LogP contribution in [0.1, 0.15) is 45.4 Å². The van der Waals surface area contributed by atoms with E-state index in [0.717, 1.165) is 24.2 Å². The van der Waals surface area contributed by atoms with E-state index in [1.165, 1.54) is 0 Å². The summed E-state index contributed by atoms with van der Waals surface area (Å²) < 4.78 is 37.6. The molecule has 0 aromatic carbocycles. The summed E-state index contributed by atoms with van der Waals surface area (Å²) in [7, 11) is 0. The van der Waals surface area contributed by atoms with Crippen molar-refractivity contribution in [3.8, 4) is 0 Å². The monoisotopic (exact) mass is 264 g/mol. The number of nitrogens with one attached hydrogen (secondary N) is 1. The van der Waals surface area contributed by atoms with Gasteiger partial charge in [-0.25, -0.2) is 0 Å². The van der Waals surface area contributed by atoms with Crippen molar-refractivity contribution in [3.63, 3.8) is 0 Å². The number of halogens is 3. The van der Waals surface area contributed by atoms with Crippen LogP contribution >= 0.6 is 0 Å². The number of carbonyl (C=O) groups is 1. The van der Waals surface area contributed by atoms with Crippen LogP contribution in [-0.2, 0) is 4.79 Å². The van der Waals surface area contributed by atoms with Crippen molar-refractivity contribution >= 4 is 5.91 Å². The van der Waals surface area contributed by atoms with Crippen LogP contribution in [0.25, 0.3) is 0 Å². The highest BCUT2D eigenvalue weighted by Crippen LogP contribution is 2.38. The summed E-state index contributed by atoms with van der Waals surface area (Å²) in [6.07, 6.45) is -0.288. The number of amides is 1. The van der Waals surface area contributed by atoms with Crippen LogP contribution in [0.2, 0.25) is 0 Å². The van der Waals surface area contributed by atoms with Gasteiger partial charge in [-0.05, 0) is 19.3 Å². The second kappa shape index (κ2) is 4.72. The lowest BCUT2D eigenvalue weighted by Crippen LogP contribution is -2.45. The summed E-state index contributed by atoms with van der Waals surface area (Å²) in [6.45, 7) is 0.781. The van der Waals surface area contributed by atoms with Gasteiger partial charge in [0.2, 0.25) is 5.91 Å². The highest BCUT2D eigenvalue weighted by atomic mass is 19.4. The third-order valence-corrected chi connectivity index (χ3v) is 3.86. The van der Waals surface area contributed by atoms with Gasteiger partial charge in [-0.15, -0.1) is 0 Å². The molecule has 0 aromatic rings. The van der Waals surface area contributed by atoms with E-state index >= 15 is 0 Å². The number of hydrogen-bond donors (Lipinski definition) is 1. The lowest BCUT2D eigenvalue weighted by atomic mass is 9.98. The molecule has 2 fully saturated rings. The Kier molecular flexibility index (Phi) is 3.58. The molecule has 1 aliphatic heterocycles. The summed E-state index contributed by atoms with van der Waals surface area (Å²) in [5.41, 5.74) is -0.703. The number of hydrogen-bond acceptors (Lipinski definition) is 2. The molecule has 2 aliphatic rings. The standard InChI is InChI=1S/C12H19F3N2O/c1-2-5-9-16-11(6-3-4-7-11)10(18)17(9)8-12(13,14)15/h9,16H,2-8H2,1H3. The quantitative estimate of drug-likeness (QED) is 0.849. The van der Waals surface area contributed by atoms with Crippen LogP contribution in [0.3, 0.4) is 0 Å². The van der Waals surface area contributed by atoms with Crippen molar-refractivity contribution in [2.45, 2.75) is 63.3 Å². The Morgan fingerprint density at radius 2 is 2.00 bits per heavy atom. The van der Waals surface area contributed by atoms with Gasteiger partial charge in [-0.3, -0.25) is 10.1 Å². The highest BCUT2D eigenvalue weighted by Gasteiger charge is 2.53. The lowest BCUT2D eigenvalue weighted by Gasteiger charge is -2.24. The Balaban J connectivity index is 2.16. The Bertz CT molecular complexity index is 324. The molecule has 18 heavy (non-hydrogen) atoms. The molecule has 2 rings (SSSR count). The molecule has 0 bridgehead atoms. The molecule has 3 nitrogen and oxygen atoms in total. The number of alkyl halides is 3. The summed E-state index contributed by atoms with van der Waals surface area (Å²) >= 11 is 0. The van der Waals surface area contributed by atoms with Crippen LogP contribution in [0.5, 0.6) is 0 Å². The number of carbonyl (C=O) groups excluding carboxylic acids is 1. The molecular formula is C12H19F3N2O. The molecule has 1 atom stereocenters. The van der Waals surface area contributed by atoms with Gasteiger partial charge in [0.15, 0.2) is 0 Å². The second-order valence-electron chi connectivity index (χ2n) is 5.29. The minimum absolute atomic E-state index is 0.351. The maximum absolute atomic E-state index is 12.5. The van der Waals surface area contributed by atoms with Crippen LogP contribution < -0.4 is 5.32 Å². The van der Waals surface area contributed by atoms with E-state index in [-0.39, 0.29) is 5.91 Å². The average molecular weight is 264 g/mol. The summed E-state index contributed by atoms with van der Waals surface area (Å²) in [4.78, 5) is 13.3. The molecule has 6 heteroatoms. The van der Waals surface area contributed by atoms with Gasteiger partial charge >= 0.3 is 6.18 Å². The first-order chi connectivity index (χ1) is 8.38. The topological polar surface area (TPSA) is 32.3 Å². The molecule has 0 aromatic heterocycles. The Hall–Kier alpha value is -0.780. The van der Waals surface area contributed by atoms with E-state index < -0.39 is 24.4 Å². The number of rotatable bonds is 3. The fourth-order valence-electron chi connectivity index (χ4n) is 3.09. The molecule has 1 saturated heterocycles. The predicted molar refractivity (Wildman–Crippen MR) is 60.8 cm³/mol. The summed E-state index contributed by atoms with van der Waals surface area (Å²) in [6, 6.07) is 0. The maximum atomic E-state index is 12.5. The fourth-order valence-corrected chi connectivity index (χ4v) is 3.09. The van der Waals surface area contributed by atoms with E-state index in [1.54, 1.807) is 0 Å². The van der Waals surface area contributed by atoms with E-state index in [1.807, 2.05) is 6.92 Å². The summed E-state index contributed by atoms with van der Waals surface area (Å²) in [5, 5.41) is 3.17. The van der Waals surface area contributed by atoms with E-state index in [2.05, 4.69) is 5.32 Å². The smallest absolute Gasteiger partial charge is 0.316 e.